The Hall–Kier alpha value is -4.02. The highest BCUT2D eigenvalue weighted by atomic mass is 16.5. The maximum atomic E-state index is 12.8. The van der Waals surface area contributed by atoms with E-state index in [-0.39, 0.29) is 46.7 Å². The molecule has 5 atom stereocenters. The number of hydrogen-bond donors (Lipinski definition) is 0. The summed E-state index contributed by atoms with van der Waals surface area (Å²) in [6.45, 7) is 11.0. The minimum atomic E-state index is -0.171. The first-order valence-corrected chi connectivity index (χ1v) is 20.4. The molecule has 4 aliphatic rings. The van der Waals surface area contributed by atoms with E-state index in [2.05, 4.69) is 59.3 Å². The number of rotatable bonds is 16. The lowest BCUT2D eigenvalue weighted by atomic mass is 9.68. The second-order valence-electron chi connectivity index (χ2n) is 15.9. The van der Waals surface area contributed by atoms with Gasteiger partial charge in [-0.2, -0.15) is 0 Å². The van der Waals surface area contributed by atoms with Crippen LogP contribution in [0, 0.1) is 11.8 Å². The predicted octanol–water partition coefficient (Wildman–Crippen LogP) is 7.97. The van der Waals surface area contributed by atoms with E-state index in [1.165, 1.54) is 11.1 Å². The number of nitrogens with zero attached hydrogens (tertiary/aromatic N) is 2. The molecule has 0 amide bonds. The van der Waals surface area contributed by atoms with Crippen molar-refractivity contribution in [3.05, 3.63) is 71.2 Å². The van der Waals surface area contributed by atoms with Gasteiger partial charge in [0.25, 0.3) is 0 Å². The van der Waals surface area contributed by atoms with Gasteiger partial charge in [-0.3, -0.25) is 19.4 Å². The molecule has 6 rings (SSSR count). The van der Waals surface area contributed by atoms with Gasteiger partial charge in [0.1, 0.15) is 18.1 Å². The number of allylic oxidation sites excluding steroid dienone is 2. The second kappa shape index (κ2) is 17.4. The lowest BCUT2D eigenvalue weighted by molar-refractivity contribution is -0.145. The van der Waals surface area contributed by atoms with Crippen LogP contribution in [0.3, 0.4) is 0 Å². The highest BCUT2D eigenvalue weighted by molar-refractivity contribution is 5.74. The Labute approximate surface area is 328 Å². The normalized spacial score (nSPS) is 25.7. The summed E-state index contributed by atoms with van der Waals surface area (Å²) < 4.78 is 35.7. The summed E-state index contributed by atoms with van der Waals surface area (Å²) in [6, 6.07) is 12.8. The predicted molar refractivity (Wildman–Crippen MR) is 213 cm³/mol. The fraction of sp³-hybridized carbons (Fsp3) is 0.600. The quantitative estimate of drug-likeness (QED) is 0.157. The van der Waals surface area contributed by atoms with Crippen molar-refractivity contribution < 1.29 is 38.0 Å². The van der Waals surface area contributed by atoms with E-state index < -0.39 is 0 Å². The zero-order valence-corrected chi connectivity index (χ0v) is 34.3. The number of fused-ring (bicyclic) bond motifs is 2. The smallest absolute Gasteiger partial charge is 0.313 e. The molecule has 55 heavy (non-hydrogen) atoms. The van der Waals surface area contributed by atoms with Crippen molar-refractivity contribution in [2.24, 2.45) is 11.8 Å². The fourth-order valence-corrected chi connectivity index (χ4v) is 9.46. The van der Waals surface area contributed by atoms with Gasteiger partial charge in [0, 0.05) is 42.3 Å². The molecule has 0 N–H and O–H groups in total. The molecular weight excluding hydrogens is 697 g/mol. The second-order valence-corrected chi connectivity index (χ2v) is 15.9. The highest BCUT2D eigenvalue weighted by Gasteiger charge is 2.51. The van der Waals surface area contributed by atoms with Crippen LogP contribution in [0.4, 0.5) is 0 Å². The Bertz CT molecular complexity index is 1750. The number of likely N-dealkylation sites (N-methyl/N-ethyl adjacent to an activating group) is 1. The maximum Gasteiger partial charge on any atom is 0.313 e. The molecule has 2 aliphatic heterocycles. The topological polar surface area (TPSA) is 96.0 Å². The SMILES string of the molecule is CCC(C)C(=O)OC1=C[C@@H]2N(CCOc3ccc([C@@]45CCC(OC(=O)C(CC)CC)=C[C@@H]4N(C)CC5)cc3OC)CC[C@]2(c2ccc(OC)c(OC)c2)CC1. The number of hydrogen-bond acceptors (Lipinski definition) is 10. The number of methoxy groups -OCH3 is 3. The number of esters is 2. The van der Waals surface area contributed by atoms with Crippen LogP contribution in [-0.2, 0) is 29.9 Å². The third-order valence-electron chi connectivity index (χ3n) is 13.2. The average Bonchev–Trinajstić information content (AvgIpc) is 3.75. The fourth-order valence-electron chi connectivity index (χ4n) is 9.46. The Morgan fingerprint density at radius 2 is 1.25 bits per heavy atom. The largest absolute Gasteiger partial charge is 0.493 e. The molecule has 2 heterocycles. The molecule has 300 valence electrons. The van der Waals surface area contributed by atoms with Gasteiger partial charge in [0.15, 0.2) is 23.0 Å². The molecule has 0 bridgehead atoms. The van der Waals surface area contributed by atoms with Crippen LogP contribution >= 0.6 is 0 Å². The Morgan fingerprint density at radius 1 is 0.709 bits per heavy atom. The summed E-state index contributed by atoms with van der Waals surface area (Å²) in [6.07, 6.45) is 11.8. The Balaban J connectivity index is 1.19. The molecular formula is C45H62N2O8. The van der Waals surface area contributed by atoms with Crippen LogP contribution in [0.25, 0.3) is 0 Å². The van der Waals surface area contributed by atoms with Gasteiger partial charge in [-0.1, -0.05) is 39.8 Å². The molecule has 10 nitrogen and oxygen atoms in total. The van der Waals surface area contributed by atoms with E-state index in [4.69, 9.17) is 28.4 Å². The summed E-state index contributed by atoms with van der Waals surface area (Å²) in [5.41, 5.74) is 2.15. The minimum Gasteiger partial charge on any atom is -0.493 e. The summed E-state index contributed by atoms with van der Waals surface area (Å²) in [5.74, 6) is 3.89. The van der Waals surface area contributed by atoms with E-state index in [1.807, 2.05) is 33.8 Å². The molecule has 2 aliphatic carbocycles. The third kappa shape index (κ3) is 7.99. The molecule has 0 saturated carbocycles. The van der Waals surface area contributed by atoms with Gasteiger partial charge in [-0.05, 0) is 113 Å². The van der Waals surface area contributed by atoms with E-state index in [0.29, 0.717) is 42.6 Å². The first kappa shape index (κ1) is 40.6. The third-order valence-corrected chi connectivity index (χ3v) is 13.2. The van der Waals surface area contributed by atoms with Gasteiger partial charge >= 0.3 is 11.9 Å². The minimum absolute atomic E-state index is 0.0145. The summed E-state index contributed by atoms with van der Waals surface area (Å²) >= 11 is 0. The Morgan fingerprint density at radius 3 is 1.85 bits per heavy atom. The Kier molecular flexibility index (Phi) is 12.9. The number of carbonyl (C=O) groups excluding carboxylic acids is 2. The van der Waals surface area contributed by atoms with Gasteiger partial charge in [-0.15, -0.1) is 0 Å². The molecule has 10 heteroatoms. The van der Waals surface area contributed by atoms with Crippen LogP contribution in [0.5, 0.6) is 23.0 Å². The molecule has 2 saturated heterocycles. The van der Waals surface area contributed by atoms with E-state index in [0.717, 1.165) is 76.0 Å². The average molecular weight is 759 g/mol. The molecule has 1 unspecified atom stereocenters. The zero-order valence-electron chi connectivity index (χ0n) is 34.3. The van der Waals surface area contributed by atoms with Gasteiger partial charge < -0.3 is 28.4 Å². The first-order valence-electron chi connectivity index (χ1n) is 20.4. The summed E-state index contributed by atoms with van der Waals surface area (Å²) in [4.78, 5) is 30.5. The van der Waals surface area contributed by atoms with E-state index in [1.54, 1.807) is 21.3 Å². The molecule has 0 aromatic heterocycles. The van der Waals surface area contributed by atoms with E-state index in [9.17, 15) is 9.59 Å². The van der Waals surface area contributed by atoms with Crippen molar-refractivity contribution in [1.82, 2.24) is 9.80 Å². The van der Waals surface area contributed by atoms with Gasteiger partial charge in [0.05, 0.1) is 33.2 Å². The van der Waals surface area contributed by atoms with Crippen LogP contribution in [0.15, 0.2) is 60.1 Å². The number of benzene rings is 2. The lowest BCUT2D eigenvalue weighted by Gasteiger charge is -2.41. The van der Waals surface area contributed by atoms with E-state index >= 15 is 0 Å². The van der Waals surface area contributed by atoms with Crippen LogP contribution in [0.2, 0.25) is 0 Å². The van der Waals surface area contributed by atoms with Crippen molar-refractivity contribution in [1.29, 1.82) is 0 Å². The van der Waals surface area contributed by atoms with Crippen LogP contribution < -0.4 is 18.9 Å². The van der Waals surface area contributed by atoms with Gasteiger partial charge in [0.2, 0.25) is 0 Å². The monoisotopic (exact) mass is 758 g/mol. The van der Waals surface area contributed by atoms with Crippen molar-refractivity contribution in [3.8, 4) is 23.0 Å². The van der Waals surface area contributed by atoms with Crippen molar-refractivity contribution in [3.63, 3.8) is 0 Å². The highest BCUT2D eigenvalue weighted by Crippen LogP contribution is 2.51. The van der Waals surface area contributed by atoms with Crippen molar-refractivity contribution >= 4 is 11.9 Å². The molecule has 0 spiro atoms. The lowest BCUT2D eigenvalue weighted by Crippen LogP contribution is -2.45. The number of likely N-dealkylation sites (tertiary alicyclic amines) is 2. The molecule has 2 aromatic carbocycles. The number of ether oxygens (including phenoxy) is 6. The molecule has 2 fully saturated rings. The first-order chi connectivity index (χ1) is 26.6. The molecule has 2 aromatic rings. The van der Waals surface area contributed by atoms with Gasteiger partial charge in [-0.25, -0.2) is 0 Å². The van der Waals surface area contributed by atoms with Crippen LogP contribution in [0.1, 0.15) is 96.6 Å². The standard InChI is InChI=1S/C45H62N2O8/c1-9-30(4)42(48)54-35-17-19-45(33-12-14-36(50-6)38(26-33)51-7)21-23-47(41(45)29-35)24-25-53-37-15-13-32(27-39(37)52-8)44-18-16-34(28-40(44)46(5)22-20-44)55-43(49)31(10-2)11-3/h12-15,26-31,40-41H,9-11,16-25H2,1-8H3/t30?,40-,41-,44-,45-/m0/s1. The zero-order chi connectivity index (χ0) is 39.3. The summed E-state index contributed by atoms with van der Waals surface area (Å²) in [7, 11) is 7.18. The van der Waals surface area contributed by atoms with Crippen molar-refractivity contribution in [2.45, 2.75) is 108 Å². The van der Waals surface area contributed by atoms with Crippen molar-refractivity contribution in [2.75, 3.05) is 54.6 Å². The summed E-state index contributed by atoms with van der Waals surface area (Å²) in [5, 5.41) is 0. The molecule has 0 radical (unpaired) electrons. The van der Waals surface area contributed by atoms with Crippen LogP contribution in [-0.4, -0.2) is 88.4 Å². The number of carbonyl (C=O) groups is 2. The maximum absolute atomic E-state index is 12.8.